The summed E-state index contributed by atoms with van der Waals surface area (Å²) in [5.74, 6) is -1.22. The fourth-order valence-corrected chi connectivity index (χ4v) is 4.16. The number of aliphatic carboxylic acids is 1. The fraction of sp³-hybridized carbons (Fsp3) is 0.103. The molecule has 0 radical (unpaired) electrons. The lowest BCUT2D eigenvalue weighted by atomic mass is 9.97. The van der Waals surface area contributed by atoms with Gasteiger partial charge in [0.25, 0.3) is 0 Å². The van der Waals surface area contributed by atoms with E-state index in [0.29, 0.717) is 33.9 Å². The summed E-state index contributed by atoms with van der Waals surface area (Å²) in [6.07, 6.45) is 0. The molecule has 1 unspecified atom stereocenters. The van der Waals surface area contributed by atoms with Gasteiger partial charge >= 0.3 is 5.97 Å². The van der Waals surface area contributed by atoms with Crippen LogP contribution in [0.1, 0.15) is 38.7 Å². The number of benzene rings is 4. The van der Waals surface area contributed by atoms with Crippen LogP contribution in [0.2, 0.25) is 5.02 Å². The molecule has 170 valence electrons. The summed E-state index contributed by atoms with van der Waals surface area (Å²) in [5, 5.41) is 10.8. The van der Waals surface area contributed by atoms with Crippen molar-refractivity contribution in [2.75, 3.05) is 4.90 Å². The second kappa shape index (κ2) is 10.4. The first-order chi connectivity index (χ1) is 16.4. The van der Waals surface area contributed by atoms with Crippen LogP contribution in [0.3, 0.4) is 0 Å². The summed E-state index contributed by atoms with van der Waals surface area (Å²) in [6, 6.07) is 30.0. The van der Waals surface area contributed by atoms with Crippen LogP contribution in [0, 0.1) is 6.92 Å². The van der Waals surface area contributed by atoms with E-state index in [2.05, 4.69) is 0 Å². The molecule has 4 aromatic rings. The molecule has 0 saturated carbocycles. The molecule has 4 aromatic carbocycles. The number of ketones is 1. The molecule has 4 rings (SSSR count). The molecule has 0 heterocycles. The van der Waals surface area contributed by atoms with E-state index in [1.807, 2.05) is 67.6 Å². The summed E-state index contributed by atoms with van der Waals surface area (Å²) in [4.78, 5) is 27.9. The third kappa shape index (κ3) is 5.19. The topological polar surface area (TPSA) is 57.6 Å². The lowest BCUT2D eigenvalue weighted by Gasteiger charge is -2.33. The van der Waals surface area contributed by atoms with Gasteiger partial charge in [-0.1, -0.05) is 102 Å². The monoisotopic (exact) mass is 469 g/mol. The molecule has 0 aliphatic rings. The Hall–Kier alpha value is -3.89. The number of carboxylic acid groups (broad SMARTS) is 1. The maximum atomic E-state index is 13.5. The Bertz CT molecular complexity index is 1290. The molecule has 0 fully saturated rings. The van der Waals surface area contributed by atoms with Gasteiger partial charge in [0.1, 0.15) is 0 Å². The average molecular weight is 470 g/mol. The second-order valence-electron chi connectivity index (χ2n) is 8.12. The zero-order valence-electron chi connectivity index (χ0n) is 18.7. The Kier molecular flexibility index (Phi) is 7.09. The molecule has 4 nitrogen and oxygen atoms in total. The summed E-state index contributed by atoms with van der Waals surface area (Å²) in [5.41, 5.74) is 3.96. The predicted molar refractivity (Wildman–Crippen MR) is 136 cm³/mol. The zero-order valence-corrected chi connectivity index (χ0v) is 19.4. The van der Waals surface area contributed by atoms with E-state index in [1.165, 1.54) is 0 Å². The fourth-order valence-electron chi connectivity index (χ4n) is 3.99. The number of aryl methyl sites for hydroxylation is 1. The Morgan fingerprint density at radius 2 is 1.47 bits per heavy atom. The maximum Gasteiger partial charge on any atom is 0.331 e. The van der Waals surface area contributed by atoms with Crippen LogP contribution in [-0.2, 0) is 11.3 Å². The van der Waals surface area contributed by atoms with E-state index in [9.17, 15) is 14.7 Å². The SMILES string of the molecule is Cc1ccc(C(C(=O)O)N(Cc2ccccc2)c2ccc(Cl)cc2C(=O)c2ccccc2)cc1. The number of carboxylic acids is 1. The van der Waals surface area contributed by atoms with E-state index in [0.717, 1.165) is 11.1 Å². The highest BCUT2D eigenvalue weighted by atomic mass is 35.5. The van der Waals surface area contributed by atoms with Crippen molar-refractivity contribution in [3.63, 3.8) is 0 Å². The Labute approximate surface area is 204 Å². The minimum atomic E-state index is -1.01. The molecule has 0 aromatic heterocycles. The minimum Gasteiger partial charge on any atom is -0.479 e. The molecule has 0 aliphatic carbocycles. The van der Waals surface area contributed by atoms with E-state index in [1.54, 1.807) is 47.4 Å². The molecular weight excluding hydrogens is 446 g/mol. The van der Waals surface area contributed by atoms with Gasteiger partial charge in [0.15, 0.2) is 11.8 Å². The number of hydrogen-bond donors (Lipinski definition) is 1. The first-order valence-corrected chi connectivity index (χ1v) is 11.3. The highest BCUT2D eigenvalue weighted by Crippen LogP contribution is 2.35. The van der Waals surface area contributed by atoms with Gasteiger partial charge in [0.05, 0.1) is 0 Å². The lowest BCUT2D eigenvalue weighted by molar-refractivity contribution is -0.138. The van der Waals surface area contributed by atoms with Gasteiger partial charge in [-0.15, -0.1) is 0 Å². The quantitative estimate of drug-likeness (QED) is 0.291. The lowest BCUT2D eigenvalue weighted by Crippen LogP contribution is -2.35. The van der Waals surface area contributed by atoms with Crippen LogP contribution in [0.15, 0.2) is 103 Å². The smallest absolute Gasteiger partial charge is 0.331 e. The molecule has 1 N–H and O–H groups in total. The highest BCUT2D eigenvalue weighted by Gasteiger charge is 2.31. The van der Waals surface area contributed by atoms with Crippen molar-refractivity contribution in [3.05, 3.63) is 136 Å². The van der Waals surface area contributed by atoms with Crippen LogP contribution in [0.25, 0.3) is 0 Å². The molecule has 0 amide bonds. The van der Waals surface area contributed by atoms with Crippen molar-refractivity contribution in [1.82, 2.24) is 0 Å². The first-order valence-electron chi connectivity index (χ1n) is 10.9. The Balaban J connectivity index is 1.89. The van der Waals surface area contributed by atoms with Crippen LogP contribution in [-0.4, -0.2) is 16.9 Å². The van der Waals surface area contributed by atoms with Gasteiger partial charge in [-0.05, 0) is 36.2 Å². The number of anilines is 1. The zero-order chi connectivity index (χ0) is 24.1. The van der Waals surface area contributed by atoms with E-state index >= 15 is 0 Å². The average Bonchev–Trinajstić information content (AvgIpc) is 2.85. The van der Waals surface area contributed by atoms with Crippen LogP contribution in [0.4, 0.5) is 5.69 Å². The third-order valence-corrected chi connectivity index (χ3v) is 5.92. The highest BCUT2D eigenvalue weighted by molar-refractivity contribution is 6.31. The molecule has 0 saturated heterocycles. The van der Waals surface area contributed by atoms with Crippen LogP contribution < -0.4 is 4.90 Å². The van der Waals surface area contributed by atoms with Gasteiger partial charge in [-0.2, -0.15) is 0 Å². The Morgan fingerprint density at radius 3 is 2.09 bits per heavy atom. The molecule has 0 bridgehead atoms. The number of carbonyl (C=O) groups is 2. The number of rotatable bonds is 8. The molecule has 0 spiro atoms. The minimum absolute atomic E-state index is 0.218. The Morgan fingerprint density at radius 1 is 0.853 bits per heavy atom. The predicted octanol–water partition coefficient (Wildman–Crippen LogP) is 6.71. The molecular formula is C29H24ClNO3. The van der Waals surface area contributed by atoms with Gasteiger partial charge in [0, 0.05) is 28.4 Å². The largest absolute Gasteiger partial charge is 0.479 e. The van der Waals surface area contributed by atoms with Crippen LogP contribution >= 0.6 is 11.6 Å². The van der Waals surface area contributed by atoms with Gasteiger partial charge < -0.3 is 10.0 Å². The first kappa shape index (κ1) is 23.3. The van der Waals surface area contributed by atoms with E-state index < -0.39 is 12.0 Å². The van der Waals surface area contributed by atoms with Crippen molar-refractivity contribution < 1.29 is 14.7 Å². The van der Waals surface area contributed by atoms with Gasteiger partial charge in [-0.3, -0.25) is 4.79 Å². The molecule has 5 heteroatoms. The summed E-state index contributed by atoms with van der Waals surface area (Å²) >= 11 is 6.30. The number of halogens is 1. The van der Waals surface area contributed by atoms with Gasteiger partial charge in [-0.25, -0.2) is 4.79 Å². The van der Waals surface area contributed by atoms with Gasteiger partial charge in [0.2, 0.25) is 0 Å². The second-order valence-corrected chi connectivity index (χ2v) is 8.56. The van der Waals surface area contributed by atoms with E-state index in [-0.39, 0.29) is 5.78 Å². The van der Waals surface area contributed by atoms with Crippen LogP contribution in [0.5, 0.6) is 0 Å². The number of nitrogens with zero attached hydrogens (tertiary/aromatic N) is 1. The molecule has 34 heavy (non-hydrogen) atoms. The number of carbonyl (C=O) groups excluding carboxylic acids is 1. The van der Waals surface area contributed by atoms with Crippen molar-refractivity contribution in [2.24, 2.45) is 0 Å². The summed E-state index contributed by atoms with van der Waals surface area (Å²) in [6.45, 7) is 2.25. The van der Waals surface area contributed by atoms with Crippen molar-refractivity contribution in [2.45, 2.75) is 19.5 Å². The van der Waals surface area contributed by atoms with Crippen molar-refractivity contribution in [3.8, 4) is 0 Å². The van der Waals surface area contributed by atoms with Crippen molar-refractivity contribution >= 4 is 29.0 Å². The summed E-state index contributed by atoms with van der Waals surface area (Å²) < 4.78 is 0. The standard InChI is InChI=1S/C29H24ClNO3/c1-20-12-14-22(15-13-20)27(29(33)34)31(19-21-8-4-2-5-9-21)26-17-16-24(30)18-25(26)28(32)23-10-6-3-7-11-23/h2-18,27H,19H2,1H3,(H,33,34). The summed E-state index contributed by atoms with van der Waals surface area (Å²) in [7, 11) is 0. The normalized spacial score (nSPS) is 11.6. The third-order valence-electron chi connectivity index (χ3n) is 5.68. The maximum absolute atomic E-state index is 13.5. The molecule has 0 aliphatic heterocycles. The van der Waals surface area contributed by atoms with Crippen molar-refractivity contribution in [1.29, 1.82) is 0 Å². The van der Waals surface area contributed by atoms with E-state index in [4.69, 9.17) is 11.6 Å². The molecule has 1 atom stereocenters. The number of hydrogen-bond acceptors (Lipinski definition) is 3.